The molecule has 1 saturated carbocycles. The van der Waals surface area contributed by atoms with E-state index in [4.69, 9.17) is 11.6 Å². The van der Waals surface area contributed by atoms with E-state index in [1.165, 1.54) is 43.3 Å². The zero-order valence-corrected chi connectivity index (χ0v) is 19.6. The normalized spacial score (nSPS) is 18.8. The van der Waals surface area contributed by atoms with Gasteiger partial charge in [-0.3, -0.25) is 9.59 Å². The number of carbonyl (C=O) groups excluding carboxylic acids is 2. The van der Waals surface area contributed by atoms with Gasteiger partial charge in [-0.1, -0.05) is 30.5 Å². The fourth-order valence-electron chi connectivity index (χ4n) is 3.80. The predicted octanol–water partition coefficient (Wildman–Crippen LogP) is 4.27. The van der Waals surface area contributed by atoms with E-state index >= 15 is 0 Å². The first kappa shape index (κ1) is 25.3. The van der Waals surface area contributed by atoms with Crippen molar-refractivity contribution < 1.29 is 26.8 Å². The van der Waals surface area contributed by atoms with Gasteiger partial charge in [-0.05, 0) is 56.2 Å². The minimum Gasteiger partial charge on any atom is -0.345 e. The van der Waals surface area contributed by atoms with Crippen LogP contribution in [0.1, 0.15) is 48.5 Å². The van der Waals surface area contributed by atoms with Crippen LogP contribution in [-0.2, 0) is 21.4 Å². The Hall–Kier alpha value is -2.36. The number of ketones is 1. The molecule has 10 heteroatoms. The maximum Gasteiger partial charge on any atom is 0.251 e. The van der Waals surface area contributed by atoms with Gasteiger partial charge in [-0.25, -0.2) is 17.2 Å². The van der Waals surface area contributed by atoms with Crippen molar-refractivity contribution in [3.63, 3.8) is 0 Å². The lowest BCUT2D eigenvalue weighted by atomic mass is 9.93. The smallest absolute Gasteiger partial charge is 0.251 e. The number of nitrogens with one attached hydrogen (secondary N) is 1. The number of halogens is 3. The zero-order chi connectivity index (χ0) is 24.2. The summed E-state index contributed by atoms with van der Waals surface area (Å²) in [6.07, 6.45) is 0.497. The third-order valence-electron chi connectivity index (χ3n) is 5.58. The zero-order valence-electron chi connectivity index (χ0n) is 18.1. The molecule has 0 spiro atoms. The SMILES string of the molecule is CC(=O)CNC(=O)c1ccc(CN(C2CCCCC2F)S(=O)(=O)c2ccc(Cl)cc2)c(F)c1. The molecule has 0 radical (unpaired) electrons. The van der Waals surface area contributed by atoms with Crippen molar-refractivity contribution in [3.05, 3.63) is 64.4 Å². The second-order valence-electron chi connectivity index (χ2n) is 8.06. The summed E-state index contributed by atoms with van der Waals surface area (Å²) in [5.41, 5.74) is -0.000859. The van der Waals surface area contributed by atoms with Crippen LogP contribution in [0.15, 0.2) is 47.4 Å². The van der Waals surface area contributed by atoms with Gasteiger partial charge in [0.25, 0.3) is 5.91 Å². The van der Waals surface area contributed by atoms with Gasteiger partial charge in [0.2, 0.25) is 10.0 Å². The number of sulfonamides is 1. The summed E-state index contributed by atoms with van der Waals surface area (Å²) < 4.78 is 57.6. The number of benzene rings is 2. The topological polar surface area (TPSA) is 83.6 Å². The van der Waals surface area contributed by atoms with E-state index in [1.807, 2.05) is 0 Å². The molecular formula is C23H25ClF2N2O4S. The number of Topliss-reactive ketones (excluding diaryl/α,β-unsaturated/α-hetero) is 1. The van der Waals surface area contributed by atoms with Gasteiger partial charge in [-0.2, -0.15) is 4.31 Å². The minimum absolute atomic E-state index is 0.00781. The lowest BCUT2D eigenvalue weighted by Crippen LogP contribution is -2.46. The Kier molecular flexibility index (Phi) is 8.20. The Morgan fingerprint density at radius 3 is 2.39 bits per heavy atom. The van der Waals surface area contributed by atoms with E-state index in [0.29, 0.717) is 24.3 Å². The molecule has 1 fully saturated rings. The first-order valence-electron chi connectivity index (χ1n) is 10.6. The van der Waals surface area contributed by atoms with Crippen molar-refractivity contribution in [1.29, 1.82) is 0 Å². The van der Waals surface area contributed by atoms with E-state index in [0.717, 1.165) is 10.4 Å². The molecule has 1 amide bonds. The summed E-state index contributed by atoms with van der Waals surface area (Å²) in [6.45, 7) is 0.731. The average molecular weight is 499 g/mol. The number of hydrogen-bond acceptors (Lipinski definition) is 4. The Balaban J connectivity index is 1.93. The molecule has 0 bridgehead atoms. The summed E-state index contributed by atoms with van der Waals surface area (Å²) in [5.74, 6) is -1.68. The third-order valence-corrected chi connectivity index (χ3v) is 7.71. The molecular weight excluding hydrogens is 474 g/mol. The fourth-order valence-corrected chi connectivity index (χ4v) is 5.58. The number of rotatable bonds is 8. The number of carbonyl (C=O) groups is 2. The second-order valence-corrected chi connectivity index (χ2v) is 10.4. The van der Waals surface area contributed by atoms with E-state index < -0.39 is 40.5 Å². The van der Waals surface area contributed by atoms with Crippen LogP contribution >= 0.6 is 11.6 Å². The maximum absolute atomic E-state index is 14.9. The van der Waals surface area contributed by atoms with Crippen molar-refractivity contribution >= 4 is 33.3 Å². The molecule has 2 atom stereocenters. The molecule has 178 valence electrons. The largest absolute Gasteiger partial charge is 0.345 e. The van der Waals surface area contributed by atoms with Crippen molar-refractivity contribution in [2.75, 3.05) is 6.54 Å². The van der Waals surface area contributed by atoms with Crippen LogP contribution in [0.2, 0.25) is 5.02 Å². The molecule has 6 nitrogen and oxygen atoms in total. The molecule has 0 saturated heterocycles. The summed E-state index contributed by atoms with van der Waals surface area (Å²) in [6, 6.07) is 8.21. The van der Waals surface area contributed by atoms with Gasteiger partial charge < -0.3 is 5.32 Å². The van der Waals surface area contributed by atoms with Crippen LogP contribution in [0.4, 0.5) is 8.78 Å². The van der Waals surface area contributed by atoms with Gasteiger partial charge >= 0.3 is 0 Å². The Morgan fingerprint density at radius 2 is 1.79 bits per heavy atom. The molecule has 0 aromatic heterocycles. The molecule has 3 rings (SSSR count). The highest BCUT2D eigenvalue weighted by molar-refractivity contribution is 7.89. The standard InChI is InChI=1S/C23H25ClF2N2O4S/c1-15(29)13-27-23(30)16-6-7-17(21(26)12-16)14-28(22-5-3-2-4-20(22)25)33(31,32)19-10-8-18(24)9-11-19/h6-12,20,22H,2-5,13-14H2,1H3,(H,27,30). The average Bonchev–Trinajstić information content (AvgIpc) is 2.77. The van der Waals surface area contributed by atoms with Gasteiger partial charge in [0.05, 0.1) is 17.5 Å². The molecule has 0 heterocycles. The molecule has 2 aromatic carbocycles. The van der Waals surface area contributed by atoms with Crippen LogP contribution in [0.5, 0.6) is 0 Å². The summed E-state index contributed by atoms with van der Waals surface area (Å²) in [4.78, 5) is 23.1. The molecule has 1 aliphatic rings. The molecule has 1 aliphatic carbocycles. The minimum atomic E-state index is -4.16. The van der Waals surface area contributed by atoms with Crippen LogP contribution in [0.3, 0.4) is 0 Å². The van der Waals surface area contributed by atoms with Crippen molar-refractivity contribution in [2.24, 2.45) is 0 Å². The number of hydrogen-bond donors (Lipinski definition) is 1. The monoisotopic (exact) mass is 498 g/mol. The summed E-state index contributed by atoms with van der Waals surface area (Å²) in [5, 5.41) is 2.72. The first-order chi connectivity index (χ1) is 15.6. The highest BCUT2D eigenvalue weighted by Crippen LogP contribution is 2.32. The highest BCUT2D eigenvalue weighted by atomic mass is 35.5. The quantitative estimate of drug-likeness (QED) is 0.589. The highest BCUT2D eigenvalue weighted by Gasteiger charge is 2.38. The number of amides is 1. The van der Waals surface area contributed by atoms with Gasteiger partial charge in [0.1, 0.15) is 17.8 Å². The number of nitrogens with zero attached hydrogens (tertiary/aromatic N) is 1. The second kappa shape index (κ2) is 10.7. The Morgan fingerprint density at radius 1 is 1.12 bits per heavy atom. The summed E-state index contributed by atoms with van der Waals surface area (Å²) >= 11 is 5.87. The molecule has 1 N–H and O–H groups in total. The predicted molar refractivity (Wildman–Crippen MR) is 121 cm³/mol. The third kappa shape index (κ3) is 6.16. The first-order valence-corrected chi connectivity index (χ1v) is 12.4. The lowest BCUT2D eigenvalue weighted by molar-refractivity contribution is -0.116. The molecule has 0 aliphatic heterocycles. The molecule has 33 heavy (non-hydrogen) atoms. The van der Waals surface area contributed by atoms with E-state index in [2.05, 4.69) is 5.32 Å². The van der Waals surface area contributed by atoms with Crippen LogP contribution < -0.4 is 5.32 Å². The van der Waals surface area contributed by atoms with Crippen molar-refractivity contribution in [1.82, 2.24) is 9.62 Å². The Labute approximate surface area is 197 Å². The molecule has 2 unspecified atom stereocenters. The van der Waals surface area contributed by atoms with E-state index in [-0.39, 0.29) is 34.8 Å². The Bertz CT molecular complexity index is 1130. The van der Waals surface area contributed by atoms with Gasteiger partial charge in [0.15, 0.2) is 0 Å². The van der Waals surface area contributed by atoms with E-state index in [1.54, 1.807) is 0 Å². The van der Waals surface area contributed by atoms with Gasteiger partial charge in [0, 0.05) is 22.7 Å². The van der Waals surface area contributed by atoms with Crippen LogP contribution in [0, 0.1) is 5.82 Å². The van der Waals surface area contributed by atoms with Crippen LogP contribution in [0.25, 0.3) is 0 Å². The number of alkyl halides is 1. The maximum atomic E-state index is 14.9. The van der Waals surface area contributed by atoms with Crippen LogP contribution in [-0.4, -0.2) is 43.2 Å². The van der Waals surface area contributed by atoms with Gasteiger partial charge in [-0.15, -0.1) is 0 Å². The fraction of sp³-hybridized carbons (Fsp3) is 0.391. The summed E-state index contributed by atoms with van der Waals surface area (Å²) in [7, 11) is -4.16. The molecule has 2 aromatic rings. The van der Waals surface area contributed by atoms with Crippen molar-refractivity contribution in [2.45, 2.75) is 56.3 Å². The van der Waals surface area contributed by atoms with E-state index in [9.17, 15) is 26.8 Å². The van der Waals surface area contributed by atoms with Crippen molar-refractivity contribution in [3.8, 4) is 0 Å². The lowest BCUT2D eigenvalue weighted by Gasteiger charge is -2.35.